The fourth-order valence-corrected chi connectivity index (χ4v) is 5.00. The first-order valence-corrected chi connectivity index (χ1v) is 16.7. The van der Waals surface area contributed by atoms with E-state index in [1.165, 1.54) is 103 Å². The molecule has 4 heteroatoms. The van der Waals surface area contributed by atoms with Crippen molar-refractivity contribution in [1.82, 2.24) is 0 Å². The van der Waals surface area contributed by atoms with E-state index in [4.69, 9.17) is 9.84 Å². The number of unbranched alkanes of at least 4 members (excludes halogenated alkanes) is 19. The van der Waals surface area contributed by atoms with Gasteiger partial charge >= 0.3 is 11.9 Å². The quantitative estimate of drug-likeness (QED) is 0.0563. The molecule has 0 bridgehead atoms. The van der Waals surface area contributed by atoms with Crippen LogP contribution in [0, 0.1) is 0 Å². The minimum absolute atomic E-state index is 0.0119. The van der Waals surface area contributed by atoms with Gasteiger partial charge in [-0.2, -0.15) is 0 Å². The first-order valence-electron chi connectivity index (χ1n) is 16.7. The third-order valence-corrected chi connectivity index (χ3v) is 7.49. The normalized spacial score (nSPS) is 12.3. The van der Waals surface area contributed by atoms with Crippen LogP contribution in [0.5, 0.6) is 0 Å². The van der Waals surface area contributed by atoms with Crippen LogP contribution in [-0.4, -0.2) is 23.1 Å². The second-order valence-corrected chi connectivity index (χ2v) is 11.3. The summed E-state index contributed by atoms with van der Waals surface area (Å²) in [5, 5.41) is 8.69. The van der Waals surface area contributed by atoms with E-state index in [1.54, 1.807) is 0 Å². The van der Waals surface area contributed by atoms with Crippen molar-refractivity contribution in [2.24, 2.45) is 0 Å². The number of allylic oxidation sites excluding steroid dienone is 2. The highest BCUT2D eigenvalue weighted by atomic mass is 16.5. The van der Waals surface area contributed by atoms with Crippen molar-refractivity contribution in [3.05, 3.63) is 12.2 Å². The molecule has 0 aromatic rings. The van der Waals surface area contributed by atoms with Gasteiger partial charge in [-0.3, -0.25) is 9.59 Å². The van der Waals surface area contributed by atoms with E-state index in [0.29, 0.717) is 12.8 Å². The summed E-state index contributed by atoms with van der Waals surface area (Å²) >= 11 is 0. The van der Waals surface area contributed by atoms with Crippen LogP contribution in [0.25, 0.3) is 0 Å². The fourth-order valence-electron chi connectivity index (χ4n) is 5.00. The van der Waals surface area contributed by atoms with Crippen LogP contribution in [0.3, 0.4) is 0 Å². The summed E-state index contributed by atoms with van der Waals surface area (Å²) in [6.07, 6.45) is 35.2. The lowest BCUT2D eigenvalue weighted by atomic mass is 10.0. The van der Waals surface area contributed by atoms with E-state index < -0.39 is 5.97 Å². The van der Waals surface area contributed by atoms with E-state index in [0.717, 1.165) is 57.8 Å². The molecule has 4 nitrogen and oxygen atoms in total. The molecule has 0 aromatic carbocycles. The first-order chi connectivity index (χ1) is 18.6. The average Bonchev–Trinajstić information content (AvgIpc) is 2.90. The van der Waals surface area contributed by atoms with E-state index >= 15 is 0 Å². The number of hydrogen-bond donors (Lipinski definition) is 1. The molecule has 0 amide bonds. The van der Waals surface area contributed by atoms with Gasteiger partial charge in [-0.15, -0.1) is 0 Å². The average molecular weight is 537 g/mol. The number of rotatable bonds is 30. The van der Waals surface area contributed by atoms with E-state index in [-0.39, 0.29) is 12.1 Å². The van der Waals surface area contributed by atoms with Crippen molar-refractivity contribution in [2.75, 3.05) is 0 Å². The predicted molar refractivity (Wildman–Crippen MR) is 163 cm³/mol. The Hall–Kier alpha value is -1.32. The van der Waals surface area contributed by atoms with Gasteiger partial charge in [-0.1, -0.05) is 122 Å². The predicted octanol–water partition coefficient (Wildman–Crippen LogP) is 11.1. The van der Waals surface area contributed by atoms with E-state index in [9.17, 15) is 9.59 Å². The van der Waals surface area contributed by atoms with Crippen LogP contribution in [0.2, 0.25) is 0 Å². The molecule has 224 valence electrons. The maximum absolute atomic E-state index is 12.5. The second kappa shape index (κ2) is 30.2. The number of ether oxygens (including phenoxy) is 1. The van der Waals surface area contributed by atoms with Crippen LogP contribution < -0.4 is 0 Å². The molecule has 38 heavy (non-hydrogen) atoms. The van der Waals surface area contributed by atoms with Gasteiger partial charge in [0.1, 0.15) is 6.10 Å². The smallest absolute Gasteiger partial charge is 0.306 e. The number of carboxylic acids is 1. The Kier molecular flexibility index (Phi) is 29.2. The third-order valence-electron chi connectivity index (χ3n) is 7.49. The van der Waals surface area contributed by atoms with Gasteiger partial charge in [0.25, 0.3) is 0 Å². The molecule has 1 N–H and O–H groups in total. The molecule has 0 aromatic heterocycles. The summed E-state index contributed by atoms with van der Waals surface area (Å²) in [5.41, 5.74) is 0. The SMILES string of the molecule is CCCCCC/C=C\CCCCCCCC(=O)O[C@@H](CCCCCC)CCCCCCCCCCC(=O)O. The number of hydrogen-bond acceptors (Lipinski definition) is 3. The Morgan fingerprint density at radius 1 is 0.553 bits per heavy atom. The molecule has 0 spiro atoms. The van der Waals surface area contributed by atoms with Crippen molar-refractivity contribution in [3.8, 4) is 0 Å². The fraction of sp³-hybridized carbons (Fsp3) is 0.882. The number of carbonyl (C=O) groups is 2. The van der Waals surface area contributed by atoms with Gasteiger partial charge < -0.3 is 9.84 Å². The summed E-state index contributed by atoms with van der Waals surface area (Å²) in [5.74, 6) is -0.671. The number of carbonyl (C=O) groups excluding carboxylic acids is 1. The van der Waals surface area contributed by atoms with Crippen LogP contribution in [0.1, 0.15) is 187 Å². The summed E-state index contributed by atoms with van der Waals surface area (Å²) in [4.78, 5) is 23.0. The van der Waals surface area contributed by atoms with Crippen molar-refractivity contribution in [1.29, 1.82) is 0 Å². The Morgan fingerprint density at radius 2 is 0.947 bits per heavy atom. The van der Waals surface area contributed by atoms with E-state index in [2.05, 4.69) is 26.0 Å². The van der Waals surface area contributed by atoms with Gasteiger partial charge in [0.05, 0.1) is 0 Å². The summed E-state index contributed by atoms with van der Waals surface area (Å²) in [7, 11) is 0. The topological polar surface area (TPSA) is 63.6 Å². The molecule has 0 rings (SSSR count). The van der Waals surface area contributed by atoms with Crippen LogP contribution in [0.15, 0.2) is 12.2 Å². The molecule has 0 radical (unpaired) electrons. The standard InChI is InChI=1S/C34H64O4/c1-3-5-7-9-10-11-12-13-14-15-20-23-27-31-34(37)38-32(28-24-8-6-4-2)29-25-21-18-16-17-19-22-26-30-33(35)36/h11-12,32H,3-10,13-31H2,1-2H3,(H,35,36)/b12-11-/t32-/m0/s1. The number of esters is 1. The zero-order valence-electron chi connectivity index (χ0n) is 25.5. The van der Waals surface area contributed by atoms with Gasteiger partial charge in [-0.25, -0.2) is 0 Å². The largest absolute Gasteiger partial charge is 0.481 e. The minimum Gasteiger partial charge on any atom is -0.481 e. The summed E-state index contributed by atoms with van der Waals surface area (Å²) in [6, 6.07) is 0. The Labute approximate surface area is 236 Å². The lowest BCUT2D eigenvalue weighted by Crippen LogP contribution is -2.18. The summed E-state index contributed by atoms with van der Waals surface area (Å²) < 4.78 is 5.93. The molecule has 0 aliphatic carbocycles. The molecule has 0 fully saturated rings. The van der Waals surface area contributed by atoms with Crippen molar-refractivity contribution >= 4 is 11.9 Å². The highest BCUT2D eigenvalue weighted by Crippen LogP contribution is 2.18. The molecular formula is C34H64O4. The summed E-state index contributed by atoms with van der Waals surface area (Å²) in [6.45, 7) is 4.49. The highest BCUT2D eigenvalue weighted by molar-refractivity contribution is 5.69. The molecule has 0 heterocycles. The lowest BCUT2D eigenvalue weighted by molar-refractivity contribution is -0.150. The second-order valence-electron chi connectivity index (χ2n) is 11.3. The number of aliphatic carboxylic acids is 1. The van der Waals surface area contributed by atoms with Crippen molar-refractivity contribution in [3.63, 3.8) is 0 Å². The van der Waals surface area contributed by atoms with E-state index in [1.807, 2.05) is 0 Å². The molecule has 0 aliphatic heterocycles. The zero-order chi connectivity index (χ0) is 27.9. The van der Waals surface area contributed by atoms with Gasteiger partial charge in [0, 0.05) is 12.8 Å². The highest BCUT2D eigenvalue weighted by Gasteiger charge is 2.14. The zero-order valence-corrected chi connectivity index (χ0v) is 25.5. The van der Waals surface area contributed by atoms with Crippen molar-refractivity contribution in [2.45, 2.75) is 193 Å². The Bertz CT molecular complexity index is 543. The Balaban J connectivity index is 3.86. The molecule has 0 saturated carbocycles. The maximum Gasteiger partial charge on any atom is 0.306 e. The van der Waals surface area contributed by atoms with Crippen LogP contribution in [-0.2, 0) is 14.3 Å². The molecular weight excluding hydrogens is 472 g/mol. The van der Waals surface area contributed by atoms with Crippen LogP contribution in [0.4, 0.5) is 0 Å². The first kappa shape index (κ1) is 36.7. The van der Waals surface area contributed by atoms with Crippen LogP contribution >= 0.6 is 0 Å². The lowest BCUT2D eigenvalue weighted by Gasteiger charge is -2.18. The van der Waals surface area contributed by atoms with Gasteiger partial charge in [0.15, 0.2) is 0 Å². The molecule has 0 aliphatic rings. The maximum atomic E-state index is 12.5. The minimum atomic E-state index is -0.683. The van der Waals surface area contributed by atoms with Crippen molar-refractivity contribution < 1.29 is 19.4 Å². The monoisotopic (exact) mass is 536 g/mol. The molecule has 0 unspecified atom stereocenters. The third kappa shape index (κ3) is 29.2. The number of carboxylic acid groups (broad SMARTS) is 1. The molecule has 1 atom stereocenters. The Morgan fingerprint density at radius 3 is 1.45 bits per heavy atom. The van der Waals surface area contributed by atoms with Gasteiger partial charge in [-0.05, 0) is 64.2 Å². The van der Waals surface area contributed by atoms with Gasteiger partial charge in [0.2, 0.25) is 0 Å². The molecule has 0 saturated heterocycles.